The van der Waals surface area contributed by atoms with Crippen LogP contribution in [0.5, 0.6) is 0 Å². The van der Waals surface area contributed by atoms with Crippen molar-refractivity contribution in [2.75, 3.05) is 31.4 Å². The number of nitrogen functional groups attached to an aromatic ring is 1. The zero-order valence-corrected chi connectivity index (χ0v) is 10.00. The Morgan fingerprint density at radius 3 is 2.88 bits per heavy atom. The Bertz CT molecular complexity index is 328. The minimum Gasteiger partial charge on any atom is -0.399 e. The van der Waals surface area contributed by atoms with Crippen molar-refractivity contribution in [2.24, 2.45) is 0 Å². The Hall–Kier alpha value is -0.970. The van der Waals surface area contributed by atoms with Gasteiger partial charge in [-0.15, -0.1) is 0 Å². The molecule has 16 heavy (non-hydrogen) atoms. The Morgan fingerprint density at radius 1 is 1.56 bits per heavy atom. The lowest BCUT2D eigenvalue weighted by atomic mass is 10.2. The topological polar surface area (TPSA) is 67.5 Å². The van der Waals surface area contributed by atoms with Gasteiger partial charge in [-0.05, 0) is 24.6 Å². The summed E-state index contributed by atoms with van der Waals surface area (Å²) in [5.41, 5.74) is 7.02. The van der Waals surface area contributed by atoms with Crippen molar-refractivity contribution in [1.29, 1.82) is 0 Å². The smallest absolute Gasteiger partial charge is 0.0664 e. The zero-order valence-electron chi connectivity index (χ0n) is 9.24. The Kier molecular flexibility index (Phi) is 5.38. The summed E-state index contributed by atoms with van der Waals surface area (Å²) in [6.45, 7) is 0.620. The fourth-order valence-electron chi connectivity index (χ4n) is 1.42. The first-order valence-electron chi connectivity index (χ1n) is 5.08. The number of nitrogens with one attached hydrogen (secondary N) is 1. The maximum absolute atomic E-state index is 8.91. The number of aliphatic hydroxyl groups is 1. The van der Waals surface area contributed by atoms with E-state index in [9.17, 15) is 0 Å². The van der Waals surface area contributed by atoms with Gasteiger partial charge in [0.15, 0.2) is 0 Å². The second-order valence-electron chi connectivity index (χ2n) is 3.55. The highest BCUT2D eigenvalue weighted by Crippen LogP contribution is 2.25. The van der Waals surface area contributed by atoms with Crippen LogP contribution in [0, 0.1) is 0 Å². The number of nitrogens with two attached hydrogens (primary N) is 1. The van der Waals surface area contributed by atoms with Gasteiger partial charge < -0.3 is 20.9 Å². The molecule has 1 rings (SSSR count). The van der Waals surface area contributed by atoms with Gasteiger partial charge >= 0.3 is 0 Å². The van der Waals surface area contributed by atoms with Crippen molar-refractivity contribution < 1.29 is 9.84 Å². The molecule has 0 saturated heterocycles. The van der Waals surface area contributed by atoms with Crippen molar-refractivity contribution in [3.63, 3.8) is 0 Å². The van der Waals surface area contributed by atoms with Gasteiger partial charge in [-0.25, -0.2) is 0 Å². The van der Waals surface area contributed by atoms with Crippen molar-refractivity contribution >= 4 is 23.0 Å². The summed E-state index contributed by atoms with van der Waals surface area (Å²) in [6.07, 6.45) is 0.606. The molecule has 1 aromatic rings. The quantitative estimate of drug-likeness (QED) is 0.667. The maximum Gasteiger partial charge on any atom is 0.0664 e. The molecule has 1 aromatic carbocycles. The van der Waals surface area contributed by atoms with Crippen LogP contribution < -0.4 is 11.1 Å². The van der Waals surface area contributed by atoms with Gasteiger partial charge in [0.2, 0.25) is 0 Å². The maximum atomic E-state index is 8.91. The van der Waals surface area contributed by atoms with Crippen LogP contribution >= 0.6 is 11.6 Å². The minimum atomic E-state index is 0.0381. The number of ether oxygens (including phenoxy) is 1. The van der Waals surface area contributed by atoms with Crippen LogP contribution in [0.25, 0.3) is 0 Å². The molecule has 1 atom stereocenters. The number of halogens is 1. The molecule has 0 aliphatic rings. The summed E-state index contributed by atoms with van der Waals surface area (Å²) in [7, 11) is 1.62. The Labute approximate surface area is 100 Å². The van der Waals surface area contributed by atoms with Crippen molar-refractivity contribution in [2.45, 2.75) is 12.5 Å². The molecule has 0 radical (unpaired) electrons. The van der Waals surface area contributed by atoms with E-state index in [0.717, 1.165) is 5.69 Å². The molecular formula is C11H17ClN2O2. The van der Waals surface area contributed by atoms with E-state index >= 15 is 0 Å². The Balaban J connectivity index is 2.68. The molecule has 0 aliphatic carbocycles. The molecule has 5 heteroatoms. The summed E-state index contributed by atoms with van der Waals surface area (Å²) < 4.78 is 5.05. The monoisotopic (exact) mass is 244 g/mol. The van der Waals surface area contributed by atoms with Crippen LogP contribution in [-0.4, -0.2) is 31.5 Å². The number of anilines is 2. The van der Waals surface area contributed by atoms with E-state index in [0.29, 0.717) is 23.7 Å². The van der Waals surface area contributed by atoms with Gasteiger partial charge in [-0.1, -0.05) is 11.6 Å². The van der Waals surface area contributed by atoms with E-state index in [1.807, 2.05) is 6.07 Å². The van der Waals surface area contributed by atoms with E-state index in [-0.39, 0.29) is 12.6 Å². The van der Waals surface area contributed by atoms with Gasteiger partial charge in [-0.3, -0.25) is 0 Å². The molecule has 0 bridgehead atoms. The first kappa shape index (κ1) is 13.1. The molecule has 1 unspecified atom stereocenters. The van der Waals surface area contributed by atoms with Gasteiger partial charge in [0.25, 0.3) is 0 Å². The number of hydrogen-bond donors (Lipinski definition) is 3. The minimum absolute atomic E-state index is 0.0381. The third-order valence-electron chi connectivity index (χ3n) is 2.20. The molecule has 0 aromatic heterocycles. The SMILES string of the molecule is COCC(CCO)Nc1ccc(N)cc1Cl. The highest BCUT2D eigenvalue weighted by atomic mass is 35.5. The number of benzene rings is 1. The summed E-state index contributed by atoms with van der Waals surface area (Å²) in [4.78, 5) is 0. The summed E-state index contributed by atoms with van der Waals surface area (Å²) in [6, 6.07) is 5.32. The second-order valence-corrected chi connectivity index (χ2v) is 3.96. The van der Waals surface area contributed by atoms with Crippen LogP contribution in [0.2, 0.25) is 5.02 Å². The summed E-state index contributed by atoms with van der Waals surface area (Å²) in [5, 5.41) is 12.7. The van der Waals surface area contributed by atoms with E-state index < -0.39 is 0 Å². The second kappa shape index (κ2) is 6.58. The number of aliphatic hydroxyl groups excluding tert-OH is 1. The molecule has 0 spiro atoms. The average molecular weight is 245 g/mol. The average Bonchev–Trinajstić information content (AvgIpc) is 2.23. The highest BCUT2D eigenvalue weighted by molar-refractivity contribution is 6.33. The van der Waals surface area contributed by atoms with E-state index in [1.54, 1.807) is 19.2 Å². The molecule has 0 heterocycles. The van der Waals surface area contributed by atoms with Crippen molar-refractivity contribution in [3.8, 4) is 0 Å². The first-order valence-corrected chi connectivity index (χ1v) is 5.46. The van der Waals surface area contributed by atoms with Crippen LogP contribution in [0.15, 0.2) is 18.2 Å². The number of methoxy groups -OCH3 is 1. The first-order chi connectivity index (χ1) is 7.67. The molecule has 4 N–H and O–H groups in total. The predicted molar refractivity (Wildman–Crippen MR) is 66.9 cm³/mol. The summed E-state index contributed by atoms with van der Waals surface area (Å²) >= 11 is 6.03. The third-order valence-corrected chi connectivity index (χ3v) is 2.51. The highest BCUT2D eigenvalue weighted by Gasteiger charge is 2.09. The fourth-order valence-corrected chi connectivity index (χ4v) is 1.67. The molecular weight excluding hydrogens is 228 g/mol. The molecule has 0 amide bonds. The fraction of sp³-hybridized carbons (Fsp3) is 0.455. The lowest BCUT2D eigenvalue weighted by Gasteiger charge is -2.19. The molecule has 0 aliphatic heterocycles. The molecule has 0 fully saturated rings. The van der Waals surface area contributed by atoms with E-state index in [1.165, 1.54) is 0 Å². The standard InChI is InChI=1S/C11H17ClN2O2/c1-16-7-9(4-5-15)14-11-3-2-8(13)6-10(11)12/h2-3,6,9,14-15H,4-5,7,13H2,1H3. The molecule has 90 valence electrons. The largest absolute Gasteiger partial charge is 0.399 e. The van der Waals surface area contributed by atoms with Crippen LogP contribution in [-0.2, 0) is 4.74 Å². The molecule has 4 nitrogen and oxygen atoms in total. The number of hydrogen-bond acceptors (Lipinski definition) is 4. The van der Waals surface area contributed by atoms with Crippen molar-refractivity contribution in [1.82, 2.24) is 0 Å². The van der Waals surface area contributed by atoms with Gasteiger partial charge in [0.1, 0.15) is 0 Å². The summed E-state index contributed by atoms with van der Waals surface area (Å²) in [5.74, 6) is 0. The van der Waals surface area contributed by atoms with E-state index in [4.69, 9.17) is 27.2 Å². The van der Waals surface area contributed by atoms with Gasteiger partial charge in [-0.2, -0.15) is 0 Å². The van der Waals surface area contributed by atoms with Crippen LogP contribution in [0.1, 0.15) is 6.42 Å². The predicted octanol–water partition coefficient (Wildman–Crippen LogP) is 1.73. The van der Waals surface area contributed by atoms with Crippen LogP contribution in [0.3, 0.4) is 0 Å². The van der Waals surface area contributed by atoms with E-state index in [2.05, 4.69) is 5.32 Å². The van der Waals surface area contributed by atoms with Gasteiger partial charge in [0.05, 0.1) is 23.4 Å². The zero-order chi connectivity index (χ0) is 12.0. The normalized spacial score (nSPS) is 12.4. The lowest BCUT2D eigenvalue weighted by Crippen LogP contribution is -2.26. The number of rotatable bonds is 6. The lowest BCUT2D eigenvalue weighted by molar-refractivity contribution is 0.170. The Morgan fingerprint density at radius 2 is 2.31 bits per heavy atom. The molecule has 0 saturated carbocycles. The third kappa shape index (κ3) is 3.89. The van der Waals surface area contributed by atoms with Crippen LogP contribution in [0.4, 0.5) is 11.4 Å². The van der Waals surface area contributed by atoms with Gasteiger partial charge in [0, 0.05) is 19.4 Å². The van der Waals surface area contributed by atoms with Crippen molar-refractivity contribution in [3.05, 3.63) is 23.2 Å².